The van der Waals surface area contributed by atoms with Crippen molar-refractivity contribution in [2.75, 3.05) is 0 Å². The van der Waals surface area contributed by atoms with Crippen LogP contribution in [0.25, 0.3) is 121 Å². The van der Waals surface area contributed by atoms with E-state index in [1.807, 2.05) is 12.4 Å². The van der Waals surface area contributed by atoms with E-state index in [1.54, 1.807) is 0 Å². The largest absolute Gasteiger partial charge is 0.309 e. The third kappa shape index (κ3) is 4.90. The van der Waals surface area contributed by atoms with Crippen molar-refractivity contribution in [2.24, 2.45) is 0 Å². The van der Waals surface area contributed by atoms with Gasteiger partial charge >= 0.3 is 0 Å². The van der Waals surface area contributed by atoms with Crippen molar-refractivity contribution < 1.29 is 0 Å². The Labute approximate surface area is 366 Å². The van der Waals surface area contributed by atoms with Crippen LogP contribution in [0.3, 0.4) is 0 Å². The maximum atomic E-state index is 5.26. The van der Waals surface area contributed by atoms with Gasteiger partial charge in [0, 0.05) is 78.2 Å². The van der Waals surface area contributed by atoms with E-state index in [1.165, 1.54) is 38.0 Å². The van der Waals surface area contributed by atoms with Crippen molar-refractivity contribution in [3.8, 4) is 34.1 Å². The Morgan fingerprint density at radius 2 is 0.672 bits per heavy atom. The Morgan fingerprint density at radius 3 is 1.22 bits per heavy atom. The first-order chi connectivity index (χ1) is 31.8. The Morgan fingerprint density at radius 1 is 0.266 bits per heavy atom. The van der Waals surface area contributed by atoms with Gasteiger partial charge in [0.05, 0.1) is 49.8 Å². The lowest BCUT2D eigenvalue weighted by atomic mass is 10.1. The highest BCUT2D eigenvalue weighted by Gasteiger charge is 2.22. The first kappa shape index (κ1) is 34.9. The number of nitrogens with zero attached hydrogens (tertiary/aromatic N) is 6. The zero-order chi connectivity index (χ0) is 41.9. The Balaban J connectivity index is 1.02. The number of hydrogen-bond acceptors (Lipinski definition) is 2. The molecule has 0 fully saturated rings. The quantitative estimate of drug-likeness (QED) is 0.174. The fourth-order valence-corrected chi connectivity index (χ4v) is 10.5. The molecule has 6 heteroatoms. The number of aromatic nitrogens is 6. The number of hydrogen-bond donors (Lipinski definition) is 0. The molecule has 6 heterocycles. The lowest BCUT2D eigenvalue weighted by Gasteiger charge is -2.13. The van der Waals surface area contributed by atoms with Gasteiger partial charge in [0.25, 0.3) is 0 Å². The van der Waals surface area contributed by atoms with Crippen LogP contribution in [-0.4, -0.2) is 28.2 Å². The number of fused-ring (bicyclic) bond motifs is 12. The van der Waals surface area contributed by atoms with Gasteiger partial charge in [0.1, 0.15) is 5.69 Å². The molecule has 0 aliphatic heterocycles. The summed E-state index contributed by atoms with van der Waals surface area (Å²) in [4.78, 5) is 10.5. The lowest BCUT2D eigenvalue weighted by Crippen LogP contribution is -2.00. The number of pyridine rings is 2. The van der Waals surface area contributed by atoms with Crippen molar-refractivity contribution in [2.45, 2.75) is 0 Å². The second-order valence-corrected chi connectivity index (χ2v) is 16.6. The van der Waals surface area contributed by atoms with Crippen LogP contribution in [0.5, 0.6) is 0 Å². The number of rotatable bonds is 5. The van der Waals surface area contributed by atoms with Gasteiger partial charge < -0.3 is 18.3 Å². The summed E-state index contributed by atoms with van der Waals surface area (Å²) in [5, 5.41) is 9.44. The molecule has 8 aromatic carbocycles. The van der Waals surface area contributed by atoms with Crippen LogP contribution in [0.2, 0.25) is 0 Å². The Hall–Kier alpha value is -8.74. The summed E-state index contributed by atoms with van der Waals surface area (Å²) in [6.07, 6.45) is 3.98. The molecule has 0 spiro atoms. The van der Waals surface area contributed by atoms with E-state index in [4.69, 9.17) is 9.97 Å². The number of benzene rings is 8. The molecule has 298 valence electrons. The molecule has 6 nitrogen and oxygen atoms in total. The van der Waals surface area contributed by atoms with E-state index < -0.39 is 0 Å². The maximum absolute atomic E-state index is 5.26. The summed E-state index contributed by atoms with van der Waals surface area (Å²) in [6, 6.07) is 74.2. The van der Waals surface area contributed by atoms with Crippen molar-refractivity contribution >= 4 is 87.2 Å². The molecule has 0 bridgehead atoms. The highest BCUT2D eigenvalue weighted by atomic mass is 15.0. The standard InChI is InChI=1S/C58H36N6/c1-3-15-37(16-4-1)61-50-23-11-7-19-41(50)45-29-27-39(33-54(45)61)63-52-25-13-10-22-44(52)48-36-60-49(35-56(48)63)57-58-47(31-32-59-57)43-21-9-14-26-53(43)64(58)40-28-30-46-42-20-8-12-24-51(42)62(55(46)34-40)38-17-5-2-6-18-38/h1-36H. The second-order valence-electron chi connectivity index (χ2n) is 16.6. The van der Waals surface area contributed by atoms with Crippen molar-refractivity contribution in [1.82, 2.24) is 28.2 Å². The molecule has 0 aliphatic rings. The van der Waals surface area contributed by atoms with Gasteiger partial charge in [-0.2, -0.15) is 0 Å². The molecular formula is C58H36N6. The van der Waals surface area contributed by atoms with Crippen molar-refractivity contribution in [1.29, 1.82) is 0 Å². The molecule has 14 aromatic rings. The summed E-state index contributed by atoms with van der Waals surface area (Å²) in [7, 11) is 0. The number of para-hydroxylation sites is 6. The van der Waals surface area contributed by atoms with E-state index in [0.29, 0.717) is 0 Å². The monoisotopic (exact) mass is 816 g/mol. The predicted molar refractivity (Wildman–Crippen MR) is 265 cm³/mol. The van der Waals surface area contributed by atoms with Gasteiger partial charge in [-0.05, 0) is 84.9 Å². The first-order valence-electron chi connectivity index (χ1n) is 21.7. The van der Waals surface area contributed by atoms with Crippen LogP contribution in [0.1, 0.15) is 0 Å². The fraction of sp³-hybridized carbons (Fsp3) is 0. The molecule has 0 amide bonds. The van der Waals surface area contributed by atoms with E-state index in [-0.39, 0.29) is 0 Å². The highest BCUT2D eigenvalue weighted by molar-refractivity contribution is 6.16. The Kier molecular flexibility index (Phi) is 7.30. The summed E-state index contributed by atoms with van der Waals surface area (Å²) in [6.45, 7) is 0. The molecule has 0 radical (unpaired) electrons. The van der Waals surface area contributed by atoms with Crippen LogP contribution >= 0.6 is 0 Å². The van der Waals surface area contributed by atoms with Gasteiger partial charge in [-0.3, -0.25) is 9.97 Å². The summed E-state index contributed by atoms with van der Waals surface area (Å²) in [5.74, 6) is 0. The molecule has 0 unspecified atom stereocenters. The first-order valence-corrected chi connectivity index (χ1v) is 21.7. The normalized spacial score (nSPS) is 12.1. The predicted octanol–water partition coefficient (Wildman–Crippen LogP) is 14.5. The maximum Gasteiger partial charge on any atom is 0.113 e. The van der Waals surface area contributed by atoms with E-state index in [0.717, 1.165) is 83.4 Å². The zero-order valence-corrected chi connectivity index (χ0v) is 34.5. The zero-order valence-electron chi connectivity index (χ0n) is 34.5. The van der Waals surface area contributed by atoms with Crippen molar-refractivity contribution in [3.63, 3.8) is 0 Å². The van der Waals surface area contributed by atoms with Crippen molar-refractivity contribution in [3.05, 3.63) is 219 Å². The summed E-state index contributed by atoms with van der Waals surface area (Å²) < 4.78 is 9.55. The molecule has 0 aliphatic carbocycles. The highest BCUT2D eigenvalue weighted by Crippen LogP contribution is 2.42. The molecule has 0 saturated carbocycles. The van der Waals surface area contributed by atoms with Crippen LogP contribution < -0.4 is 0 Å². The van der Waals surface area contributed by atoms with Crippen LogP contribution in [0, 0.1) is 0 Å². The van der Waals surface area contributed by atoms with Crippen LogP contribution in [0.4, 0.5) is 0 Å². The van der Waals surface area contributed by atoms with Gasteiger partial charge in [0.15, 0.2) is 0 Å². The van der Waals surface area contributed by atoms with Crippen LogP contribution in [0.15, 0.2) is 219 Å². The van der Waals surface area contributed by atoms with E-state index in [2.05, 4.69) is 225 Å². The minimum atomic E-state index is 0.810. The lowest BCUT2D eigenvalue weighted by molar-refractivity contribution is 1.14. The average molecular weight is 817 g/mol. The third-order valence-corrected chi connectivity index (χ3v) is 13.2. The topological polar surface area (TPSA) is 45.5 Å². The molecule has 0 atom stereocenters. The minimum absolute atomic E-state index is 0.810. The minimum Gasteiger partial charge on any atom is -0.309 e. The molecule has 14 rings (SSSR count). The second kappa shape index (κ2) is 13.4. The van der Waals surface area contributed by atoms with E-state index >= 15 is 0 Å². The van der Waals surface area contributed by atoms with Crippen LogP contribution in [-0.2, 0) is 0 Å². The fourth-order valence-electron chi connectivity index (χ4n) is 10.5. The molecular weight excluding hydrogens is 781 g/mol. The SMILES string of the molecule is c1ccc(-n2c3ccccc3c3ccc(-n4c5ccccc5c5cnc(-c6nccc7c8ccccc8n(-c8ccc9c%10ccccc%10n(-c%10ccccc%10)c9c8)c67)cc54)cc32)cc1. The third-order valence-electron chi connectivity index (χ3n) is 13.2. The molecule has 64 heavy (non-hydrogen) atoms. The molecule has 6 aromatic heterocycles. The van der Waals surface area contributed by atoms with Gasteiger partial charge in [-0.1, -0.05) is 121 Å². The molecule has 0 N–H and O–H groups in total. The van der Waals surface area contributed by atoms with E-state index in [9.17, 15) is 0 Å². The summed E-state index contributed by atoms with van der Waals surface area (Å²) in [5.41, 5.74) is 15.0. The van der Waals surface area contributed by atoms with Gasteiger partial charge in [-0.25, -0.2) is 0 Å². The molecule has 0 saturated heterocycles. The summed E-state index contributed by atoms with van der Waals surface area (Å²) >= 11 is 0. The average Bonchev–Trinajstić information content (AvgIpc) is 4.09. The van der Waals surface area contributed by atoms with Gasteiger partial charge in [-0.15, -0.1) is 0 Å². The smallest absolute Gasteiger partial charge is 0.113 e. The van der Waals surface area contributed by atoms with Gasteiger partial charge in [0.2, 0.25) is 0 Å². The Bertz CT molecular complexity index is 4190.